The van der Waals surface area contributed by atoms with Gasteiger partial charge in [0.05, 0.1) is 12.7 Å². The van der Waals surface area contributed by atoms with Crippen LogP contribution in [0, 0.1) is 5.92 Å². The molecular formula is C13H25NO2. The highest BCUT2D eigenvalue weighted by molar-refractivity contribution is 4.81. The number of rotatable bonds is 6. The summed E-state index contributed by atoms with van der Waals surface area (Å²) in [5.41, 5.74) is 0. The van der Waals surface area contributed by atoms with E-state index in [-0.39, 0.29) is 0 Å². The lowest BCUT2D eigenvalue weighted by atomic mass is 10.0. The summed E-state index contributed by atoms with van der Waals surface area (Å²) >= 11 is 0. The van der Waals surface area contributed by atoms with Crippen LogP contribution in [0.25, 0.3) is 0 Å². The second-order valence-electron chi connectivity index (χ2n) is 5.08. The largest absolute Gasteiger partial charge is 0.379 e. The predicted molar refractivity (Wildman–Crippen MR) is 64.6 cm³/mol. The van der Waals surface area contributed by atoms with Crippen molar-refractivity contribution in [3.05, 3.63) is 0 Å². The van der Waals surface area contributed by atoms with E-state index in [1.54, 1.807) is 0 Å². The Labute approximate surface area is 98.9 Å². The van der Waals surface area contributed by atoms with Gasteiger partial charge in [-0.1, -0.05) is 6.42 Å². The Morgan fingerprint density at radius 1 is 1.25 bits per heavy atom. The molecule has 0 aromatic carbocycles. The molecule has 1 aliphatic heterocycles. The molecule has 2 fully saturated rings. The van der Waals surface area contributed by atoms with E-state index in [4.69, 9.17) is 9.47 Å². The van der Waals surface area contributed by atoms with Crippen molar-refractivity contribution in [1.29, 1.82) is 0 Å². The molecule has 0 bridgehead atoms. The SMILES string of the molecule is CNC1CCCC1CCOCC1CCCO1. The second-order valence-corrected chi connectivity index (χ2v) is 5.08. The zero-order chi connectivity index (χ0) is 11.2. The van der Waals surface area contributed by atoms with Crippen LogP contribution in [0.3, 0.4) is 0 Å². The van der Waals surface area contributed by atoms with Crippen molar-refractivity contribution < 1.29 is 9.47 Å². The van der Waals surface area contributed by atoms with E-state index in [1.807, 2.05) is 0 Å². The highest BCUT2D eigenvalue weighted by atomic mass is 16.5. The summed E-state index contributed by atoms with van der Waals surface area (Å²) in [6, 6.07) is 0.728. The van der Waals surface area contributed by atoms with Crippen LogP contribution < -0.4 is 5.32 Å². The van der Waals surface area contributed by atoms with Gasteiger partial charge in [0, 0.05) is 19.3 Å². The third-order valence-corrected chi connectivity index (χ3v) is 3.99. The molecule has 3 heteroatoms. The molecule has 0 amide bonds. The van der Waals surface area contributed by atoms with Crippen molar-refractivity contribution in [2.24, 2.45) is 5.92 Å². The highest BCUT2D eigenvalue weighted by Crippen LogP contribution is 2.28. The van der Waals surface area contributed by atoms with Crippen LogP contribution in [0.15, 0.2) is 0 Å². The molecular weight excluding hydrogens is 202 g/mol. The predicted octanol–water partition coefficient (Wildman–Crippen LogP) is 1.96. The zero-order valence-corrected chi connectivity index (χ0v) is 10.4. The molecule has 1 N–H and O–H groups in total. The molecule has 3 atom stereocenters. The molecule has 1 saturated heterocycles. The van der Waals surface area contributed by atoms with E-state index in [0.717, 1.165) is 31.8 Å². The minimum Gasteiger partial charge on any atom is -0.379 e. The molecule has 0 radical (unpaired) electrons. The van der Waals surface area contributed by atoms with Crippen LogP contribution in [0.4, 0.5) is 0 Å². The Morgan fingerprint density at radius 2 is 2.19 bits per heavy atom. The first-order valence-corrected chi connectivity index (χ1v) is 6.76. The molecule has 0 spiro atoms. The Hall–Kier alpha value is -0.120. The molecule has 1 aliphatic carbocycles. The minimum atomic E-state index is 0.378. The molecule has 1 heterocycles. The molecule has 16 heavy (non-hydrogen) atoms. The van der Waals surface area contributed by atoms with Crippen LogP contribution >= 0.6 is 0 Å². The number of nitrogens with one attached hydrogen (secondary N) is 1. The molecule has 3 nitrogen and oxygen atoms in total. The van der Waals surface area contributed by atoms with Crippen LogP contribution in [0.2, 0.25) is 0 Å². The minimum absolute atomic E-state index is 0.378. The summed E-state index contributed by atoms with van der Waals surface area (Å²) in [6.45, 7) is 2.64. The quantitative estimate of drug-likeness (QED) is 0.704. The molecule has 94 valence electrons. The molecule has 1 saturated carbocycles. The van der Waals surface area contributed by atoms with Crippen LogP contribution in [0.1, 0.15) is 38.5 Å². The summed E-state index contributed by atoms with van der Waals surface area (Å²) in [6.07, 6.45) is 8.06. The monoisotopic (exact) mass is 227 g/mol. The van der Waals surface area contributed by atoms with Gasteiger partial charge in [-0.05, 0) is 45.1 Å². The smallest absolute Gasteiger partial charge is 0.0809 e. The molecule has 0 aromatic rings. The number of ether oxygens (including phenoxy) is 2. The third-order valence-electron chi connectivity index (χ3n) is 3.99. The van der Waals surface area contributed by atoms with Crippen molar-refractivity contribution in [2.75, 3.05) is 26.9 Å². The second kappa shape index (κ2) is 6.58. The summed E-state index contributed by atoms with van der Waals surface area (Å²) in [5.74, 6) is 0.828. The van der Waals surface area contributed by atoms with Gasteiger partial charge in [-0.2, -0.15) is 0 Å². The Kier molecular flexibility index (Phi) is 5.07. The van der Waals surface area contributed by atoms with Gasteiger partial charge in [-0.15, -0.1) is 0 Å². The topological polar surface area (TPSA) is 30.5 Å². The first-order chi connectivity index (χ1) is 7.90. The zero-order valence-electron chi connectivity index (χ0n) is 10.4. The van der Waals surface area contributed by atoms with E-state index < -0.39 is 0 Å². The maximum absolute atomic E-state index is 5.72. The third kappa shape index (κ3) is 3.44. The Bertz CT molecular complexity index is 192. The number of hydrogen-bond acceptors (Lipinski definition) is 3. The lowest BCUT2D eigenvalue weighted by Crippen LogP contribution is -2.29. The van der Waals surface area contributed by atoms with E-state index in [0.29, 0.717) is 6.10 Å². The Morgan fingerprint density at radius 3 is 2.94 bits per heavy atom. The molecule has 2 aliphatic rings. The first-order valence-electron chi connectivity index (χ1n) is 6.76. The highest BCUT2D eigenvalue weighted by Gasteiger charge is 2.25. The van der Waals surface area contributed by atoms with Crippen molar-refractivity contribution in [3.8, 4) is 0 Å². The average molecular weight is 227 g/mol. The first kappa shape index (κ1) is 12.3. The Balaban J connectivity index is 1.53. The van der Waals surface area contributed by atoms with Crippen LogP contribution in [-0.2, 0) is 9.47 Å². The van der Waals surface area contributed by atoms with Gasteiger partial charge in [0.1, 0.15) is 0 Å². The fraction of sp³-hybridized carbons (Fsp3) is 1.00. The summed E-state index contributed by atoms with van der Waals surface area (Å²) in [5, 5.41) is 3.42. The van der Waals surface area contributed by atoms with E-state index in [2.05, 4.69) is 12.4 Å². The number of hydrogen-bond donors (Lipinski definition) is 1. The standard InChI is InChI=1S/C13H25NO2/c1-14-13-6-2-4-11(13)7-9-15-10-12-5-3-8-16-12/h11-14H,2-10H2,1H3. The van der Waals surface area contributed by atoms with Crippen molar-refractivity contribution in [1.82, 2.24) is 5.32 Å². The summed E-state index contributed by atoms with van der Waals surface area (Å²) in [7, 11) is 2.08. The normalized spacial score (nSPS) is 34.7. The van der Waals surface area contributed by atoms with Gasteiger partial charge in [0.25, 0.3) is 0 Å². The summed E-state index contributed by atoms with van der Waals surface area (Å²) < 4.78 is 11.2. The lowest BCUT2D eigenvalue weighted by Gasteiger charge is -2.19. The van der Waals surface area contributed by atoms with E-state index in [9.17, 15) is 0 Å². The van der Waals surface area contributed by atoms with E-state index in [1.165, 1.54) is 38.5 Å². The van der Waals surface area contributed by atoms with Crippen molar-refractivity contribution in [2.45, 2.75) is 50.7 Å². The fourth-order valence-corrected chi connectivity index (χ4v) is 2.99. The fourth-order valence-electron chi connectivity index (χ4n) is 2.99. The average Bonchev–Trinajstić information content (AvgIpc) is 2.95. The maximum atomic E-state index is 5.72. The maximum Gasteiger partial charge on any atom is 0.0809 e. The molecule has 0 aromatic heterocycles. The van der Waals surface area contributed by atoms with Crippen molar-refractivity contribution in [3.63, 3.8) is 0 Å². The lowest BCUT2D eigenvalue weighted by molar-refractivity contribution is 0.0128. The van der Waals surface area contributed by atoms with Gasteiger partial charge >= 0.3 is 0 Å². The summed E-state index contributed by atoms with van der Waals surface area (Å²) in [4.78, 5) is 0. The van der Waals surface area contributed by atoms with Crippen LogP contribution in [0.5, 0.6) is 0 Å². The van der Waals surface area contributed by atoms with Crippen molar-refractivity contribution >= 4 is 0 Å². The van der Waals surface area contributed by atoms with Gasteiger partial charge in [0.15, 0.2) is 0 Å². The van der Waals surface area contributed by atoms with E-state index >= 15 is 0 Å². The van der Waals surface area contributed by atoms with Crippen LogP contribution in [-0.4, -0.2) is 39.0 Å². The van der Waals surface area contributed by atoms with Gasteiger partial charge in [0.2, 0.25) is 0 Å². The van der Waals surface area contributed by atoms with Gasteiger partial charge < -0.3 is 14.8 Å². The molecule has 3 unspecified atom stereocenters. The molecule has 2 rings (SSSR count). The van der Waals surface area contributed by atoms with Gasteiger partial charge in [-0.3, -0.25) is 0 Å². The van der Waals surface area contributed by atoms with Gasteiger partial charge in [-0.25, -0.2) is 0 Å².